The Hall–Kier alpha value is -1.14. The maximum absolute atomic E-state index is 12.2. The van der Waals surface area contributed by atoms with Crippen LogP contribution in [0.2, 0.25) is 0 Å². The normalized spacial score (nSPS) is 21.3. The zero-order valence-corrected chi connectivity index (χ0v) is 15.7. The van der Waals surface area contributed by atoms with Gasteiger partial charge in [-0.25, -0.2) is 4.79 Å². The molecule has 2 atom stereocenters. The molecule has 0 radical (unpaired) electrons. The number of hydrogen-bond donors (Lipinski definition) is 1. The monoisotopic (exact) mass is 339 g/mol. The molecule has 1 aliphatic rings. The maximum Gasteiger partial charge on any atom is 0.343 e. The summed E-state index contributed by atoms with van der Waals surface area (Å²) in [5.74, 6) is 0. The fraction of sp³-hybridized carbons (Fsp3) is 0.765. The van der Waals surface area contributed by atoms with Gasteiger partial charge in [-0.15, -0.1) is 11.3 Å². The molecule has 0 spiro atoms. The molecule has 1 fully saturated rings. The Morgan fingerprint density at radius 2 is 2.26 bits per heavy atom. The number of aryl methyl sites for hydroxylation is 1. The number of nitrogens with one attached hydrogen (secondary N) is 1. The van der Waals surface area contributed by atoms with E-state index in [9.17, 15) is 4.79 Å². The van der Waals surface area contributed by atoms with Crippen LogP contribution in [0.1, 0.15) is 51.8 Å². The van der Waals surface area contributed by atoms with E-state index in [2.05, 4.69) is 41.8 Å². The van der Waals surface area contributed by atoms with E-state index in [-0.39, 0.29) is 23.6 Å². The average Bonchev–Trinajstić information content (AvgIpc) is 2.78. The molecule has 130 valence electrons. The summed E-state index contributed by atoms with van der Waals surface area (Å²) >= 11 is 1.55. The second-order valence-corrected chi connectivity index (χ2v) is 8.63. The Balaban J connectivity index is 2.10. The molecule has 1 N–H and O–H groups in total. The number of urea groups is 1. The summed E-state index contributed by atoms with van der Waals surface area (Å²) in [5.41, 5.74) is 0.0163. The van der Waals surface area contributed by atoms with Crippen LogP contribution in [-0.4, -0.2) is 29.4 Å². The van der Waals surface area contributed by atoms with Crippen molar-refractivity contribution in [2.75, 3.05) is 6.61 Å². The van der Waals surface area contributed by atoms with Crippen molar-refractivity contribution in [3.05, 3.63) is 15.9 Å². The highest BCUT2D eigenvalue weighted by molar-refractivity contribution is 7.09. The third-order valence-corrected chi connectivity index (χ3v) is 5.28. The van der Waals surface area contributed by atoms with Gasteiger partial charge < -0.3 is 14.6 Å². The first-order valence-electron chi connectivity index (χ1n) is 8.39. The van der Waals surface area contributed by atoms with E-state index in [0.29, 0.717) is 0 Å². The zero-order chi connectivity index (χ0) is 17.0. The average molecular weight is 340 g/mol. The smallest absolute Gasteiger partial charge is 0.343 e. The van der Waals surface area contributed by atoms with Gasteiger partial charge in [-0.2, -0.15) is 4.99 Å². The van der Waals surface area contributed by atoms with E-state index in [0.717, 1.165) is 35.7 Å². The van der Waals surface area contributed by atoms with Crippen molar-refractivity contribution < 1.29 is 9.53 Å². The molecule has 0 saturated carbocycles. The molecule has 2 heterocycles. The van der Waals surface area contributed by atoms with Crippen molar-refractivity contribution in [2.24, 2.45) is 10.4 Å². The van der Waals surface area contributed by atoms with Crippen LogP contribution in [0.25, 0.3) is 0 Å². The van der Waals surface area contributed by atoms with E-state index < -0.39 is 0 Å². The van der Waals surface area contributed by atoms with Crippen LogP contribution in [0.5, 0.6) is 0 Å². The summed E-state index contributed by atoms with van der Waals surface area (Å²) in [7, 11) is 0. The van der Waals surface area contributed by atoms with Gasteiger partial charge in [-0.1, -0.05) is 20.8 Å². The summed E-state index contributed by atoms with van der Waals surface area (Å²) in [5, 5.41) is 2.96. The lowest BCUT2D eigenvalue weighted by molar-refractivity contribution is 0.00556. The van der Waals surface area contributed by atoms with Crippen LogP contribution >= 0.6 is 11.3 Å². The van der Waals surface area contributed by atoms with Crippen LogP contribution < -0.4 is 10.1 Å². The fourth-order valence-electron chi connectivity index (χ4n) is 2.41. The van der Waals surface area contributed by atoms with Gasteiger partial charge in [-0.05, 0) is 38.5 Å². The van der Waals surface area contributed by atoms with Gasteiger partial charge in [0.25, 0.3) is 0 Å². The fourth-order valence-corrected chi connectivity index (χ4v) is 3.25. The van der Waals surface area contributed by atoms with Gasteiger partial charge in [0.2, 0.25) is 0 Å². The largest absolute Gasteiger partial charge is 0.376 e. The van der Waals surface area contributed by atoms with Gasteiger partial charge in [0.1, 0.15) is 0 Å². The molecular weight excluding hydrogens is 310 g/mol. The molecule has 0 bridgehead atoms. The van der Waals surface area contributed by atoms with Crippen molar-refractivity contribution in [3.8, 4) is 0 Å². The molecule has 23 heavy (non-hydrogen) atoms. The minimum atomic E-state index is -0.271. The number of carbonyl (C=O) groups excluding carboxylic acids is 1. The molecule has 1 aromatic heterocycles. The molecule has 2 amide bonds. The number of nitrogens with zero attached hydrogens (tertiary/aromatic N) is 2. The van der Waals surface area contributed by atoms with Crippen LogP contribution in [-0.2, 0) is 11.3 Å². The highest BCUT2D eigenvalue weighted by atomic mass is 32.1. The van der Waals surface area contributed by atoms with Gasteiger partial charge in [-0.3, -0.25) is 0 Å². The molecule has 0 aromatic carbocycles. The second kappa shape index (κ2) is 7.62. The summed E-state index contributed by atoms with van der Waals surface area (Å²) in [4.78, 5) is 18.4. The van der Waals surface area contributed by atoms with E-state index in [4.69, 9.17) is 4.74 Å². The van der Waals surface area contributed by atoms with Crippen LogP contribution in [0.15, 0.2) is 11.2 Å². The lowest BCUT2D eigenvalue weighted by atomic mass is 9.88. The number of ether oxygens (including phenoxy) is 1. The maximum atomic E-state index is 12.2. The predicted molar refractivity (Wildman–Crippen MR) is 93.6 cm³/mol. The summed E-state index contributed by atoms with van der Waals surface area (Å²) in [6.07, 6.45) is 5.72. The molecule has 1 saturated heterocycles. The lowest BCUT2D eigenvalue weighted by Gasteiger charge is -2.27. The van der Waals surface area contributed by atoms with E-state index in [1.807, 2.05) is 13.8 Å². The molecule has 6 heteroatoms. The van der Waals surface area contributed by atoms with E-state index >= 15 is 0 Å². The number of thiazole rings is 1. The lowest BCUT2D eigenvalue weighted by Crippen LogP contribution is -2.41. The Morgan fingerprint density at radius 3 is 2.87 bits per heavy atom. The predicted octanol–water partition coefficient (Wildman–Crippen LogP) is 3.47. The van der Waals surface area contributed by atoms with Crippen molar-refractivity contribution in [2.45, 2.75) is 72.6 Å². The van der Waals surface area contributed by atoms with Crippen molar-refractivity contribution >= 4 is 17.4 Å². The zero-order valence-electron chi connectivity index (χ0n) is 14.9. The van der Waals surface area contributed by atoms with Gasteiger partial charge in [0, 0.05) is 23.7 Å². The van der Waals surface area contributed by atoms with Gasteiger partial charge >= 0.3 is 6.03 Å². The number of amides is 2. The van der Waals surface area contributed by atoms with E-state index in [1.54, 1.807) is 11.3 Å². The Kier molecular flexibility index (Phi) is 6.03. The minimum Gasteiger partial charge on any atom is -0.376 e. The summed E-state index contributed by atoms with van der Waals surface area (Å²) in [6, 6.07) is -0.206. The highest BCUT2D eigenvalue weighted by Crippen LogP contribution is 2.18. The van der Waals surface area contributed by atoms with E-state index in [1.165, 1.54) is 6.42 Å². The number of carbonyl (C=O) groups is 1. The molecule has 2 rings (SSSR count). The van der Waals surface area contributed by atoms with Crippen molar-refractivity contribution in [1.29, 1.82) is 0 Å². The van der Waals surface area contributed by atoms with Crippen molar-refractivity contribution in [3.63, 3.8) is 0 Å². The molecule has 1 aromatic rings. The van der Waals surface area contributed by atoms with Gasteiger partial charge in [0.15, 0.2) is 4.80 Å². The summed E-state index contributed by atoms with van der Waals surface area (Å²) in [6.45, 7) is 12.0. The highest BCUT2D eigenvalue weighted by Gasteiger charge is 2.21. The number of rotatable bonds is 3. The molecular formula is C17H29N3O2S. The van der Waals surface area contributed by atoms with Crippen LogP contribution in [0.3, 0.4) is 0 Å². The first-order valence-corrected chi connectivity index (χ1v) is 9.21. The van der Waals surface area contributed by atoms with Crippen LogP contribution in [0.4, 0.5) is 4.79 Å². The third kappa shape index (κ3) is 5.46. The molecule has 1 unspecified atom stereocenters. The number of hydrogen-bond acceptors (Lipinski definition) is 3. The Labute approximate surface area is 142 Å². The third-order valence-electron chi connectivity index (χ3n) is 4.35. The Bertz CT molecular complexity index is 592. The quantitative estimate of drug-likeness (QED) is 0.917. The standard InChI is InChI=1S/C17H29N3O2S/c1-12-10-20(11-14-8-6-7-9-22-14)16(23-12)19-15(21)18-13(2)17(3,4)5/h10,13-14H,6-9,11H2,1-5H3,(H,18,21)/t13-,14?/m0/s1. The SMILES string of the molecule is Cc1cn(CC2CCCCO2)c(=NC(=O)N[C@@H](C)C(C)(C)C)s1. The molecule has 1 aliphatic heterocycles. The first kappa shape index (κ1) is 18.2. The Morgan fingerprint density at radius 1 is 1.52 bits per heavy atom. The van der Waals surface area contributed by atoms with Crippen LogP contribution in [0, 0.1) is 12.3 Å². The minimum absolute atomic E-state index is 0.0163. The van der Waals surface area contributed by atoms with Crippen molar-refractivity contribution in [1.82, 2.24) is 9.88 Å². The topological polar surface area (TPSA) is 55.6 Å². The molecule has 5 nitrogen and oxygen atoms in total. The number of aromatic nitrogens is 1. The first-order chi connectivity index (χ1) is 10.8. The summed E-state index contributed by atoms with van der Waals surface area (Å²) < 4.78 is 7.85. The molecule has 0 aliphatic carbocycles. The van der Waals surface area contributed by atoms with Gasteiger partial charge in [0.05, 0.1) is 12.6 Å². The second-order valence-electron chi connectivity index (χ2n) is 7.41.